The molecule has 192 valence electrons. The number of carbonyl (C=O) groups is 1. The SMILES string of the molecule is NC(=O)c1cc(F)c(N[C@@H]2CCCC[C@@H]2N)nc1Nc1ccnc2c1ccn2CCN1CCCCC1. The van der Waals surface area contributed by atoms with Gasteiger partial charge in [-0.15, -0.1) is 0 Å². The molecule has 36 heavy (non-hydrogen) atoms. The quantitative estimate of drug-likeness (QED) is 0.377. The van der Waals surface area contributed by atoms with Gasteiger partial charge in [-0.05, 0) is 57.0 Å². The van der Waals surface area contributed by atoms with Crippen molar-refractivity contribution in [2.24, 2.45) is 11.5 Å². The first-order valence-electron chi connectivity index (χ1n) is 13.0. The Morgan fingerprint density at radius 2 is 1.89 bits per heavy atom. The molecule has 1 aliphatic carbocycles. The van der Waals surface area contributed by atoms with Crippen molar-refractivity contribution in [2.45, 2.75) is 63.6 Å². The maximum Gasteiger partial charge on any atom is 0.252 e. The van der Waals surface area contributed by atoms with E-state index in [0.717, 1.165) is 74.6 Å². The number of hydrogen-bond acceptors (Lipinski definition) is 7. The molecular weight excluding hydrogens is 459 g/mol. The second kappa shape index (κ2) is 10.8. The first-order valence-corrected chi connectivity index (χ1v) is 13.0. The standard InChI is InChI=1S/C26H35FN8O/c27-19-16-18(23(29)36)24(33-25(19)32-22-7-3-2-6-20(22)28)31-21-8-10-30-26-17(21)9-13-35(26)15-14-34-11-4-1-5-12-34/h8-10,13,16,20,22H,1-7,11-12,14-15,28H2,(H2,29,36)(H2,30,31,32,33)/t20-,22+/m0/s1. The Morgan fingerprint density at radius 3 is 2.67 bits per heavy atom. The fourth-order valence-electron chi connectivity index (χ4n) is 5.33. The van der Waals surface area contributed by atoms with Gasteiger partial charge in [0, 0.05) is 43.0 Å². The molecule has 5 rings (SSSR count). The molecule has 0 bridgehead atoms. The van der Waals surface area contributed by atoms with Crippen LogP contribution in [0.4, 0.5) is 21.7 Å². The molecule has 4 heterocycles. The molecule has 3 aromatic rings. The average molecular weight is 495 g/mol. The molecule has 1 saturated heterocycles. The number of carbonyl (C=O) groups excluding carboxylic acids is 1. The molecule has 2 aliphatic rings. The molecule has 9 nitrogen and oxygen atoms in total. The molecule has 3 aromatic heterocycles. The van der Waals surface area contributed by atoms with Crippen LogP contribution in [0.15, 0.2) is 30.6 Å². The molecule has 10 heteroatoms. The molecule has 2 fully saturated rings. The molecule has 1 saturated carbocycles. The molecule has 6 N–H and O–H groups in total. The molecule has 2 atom stereocenters. The van der Waals surface area contributed by atoms with Crippen LogP contribution in [0.5, 0.6) is 0 Å². The van der Waals surface area contributed by atoms with Crippen LogP contribution in [0.25, 0.3) is 11.0 Å². The summed E-state index contributed by atoms with van der Waals surface area (Å²) in [6, 6.07) is 4.80. The second-order valence-electron chi connectivity index (χ2n) is 9.91. The lowest BCUT2D eigenvalue weighted by atomic mass is 9.91. The number of pyridine rings is 2. The van der Waals surface area contributed by atoms with E-state index in [0.29, 0.717) is 0 Å². The van der Waals surface area contributed by atoms with Crippen LogP contribution < -0.4 is 22.1 Å². The molecule has 0 unspecified atom stereocenters. The van der Waals surface area contributed by atoms with Crippen molar-refractivity contribution in [3.63, 3.8) is 0 Å². The van der Waals surface area contributed by atoms with Gasteiger partial charge in [0.25, 0.3) is 5.91 Å². The second-order valence-corrected chi connectivity index (χ2v) is 9.91. The molecule has 0 radical (unpaired) electrons. The molecule has 1 aliphatic heterocycles. The summed E-state index contributed by atoms with van der Waals surface area (Å²) in [6.07, 6.45) is 11.4. The Balaban J connectivity index is 1.40. The van der Waals surface area contributed by atoms with Gasteiger partial charge in [0.05, 0.1) is 11.3 Å². The number of hydrogen-bond donors (Lipinski definition) is 4. The van der Waals surface area contributed by atoms with Crippen LogP contribution >= 0.6 is 0 Å². The van der Waals surface area contributed by atoms with Crippen molar-refractivity contribution >= 4 is 34.3 Å². The first kappa shape index (κ1) is 24.5. The normalized spacial score (nSPS) is 20.9. The van der Waals surface area contributed by atoms with E-state index in [2.05, 4.69) is 30.1 Å². The smallest absolute Gasteiger partial charge is 0.252 e. The van der Waals surface area contributed by atoms with E-state index in [9.17, 15) is 9.18 Å². The van der Waals surface area contributed by atoms with Crippen LogP contribution in [-0.2, 0) is 6.54 Å². The average Bonchev–Trinajstić information content (AvgIpc) is 3.30. The van der Waals surface area contributed by atoms with E-state index in [4.69, 9.17) is 11.5 Å². The molecule has 0 spiro atoms. The Bertz CT molecular complexity index is 1220. The lowest BCUT2D eigenvalue weighted by Crippen LogP contribution is -2.43. The third-order valence-electron chi connectivity index (χ3n) is 7.40. The van der Waals surface area contributed by atoms with E-state index in [1.165, 1.54) is 19.3 Å². The number of rotatable bonds is 8. The maximum atomic E-state index is 14.9. The minimum absolute atomic E-state index is 0.0134. The summed E-state index contributed by atoms with van der Waals surface area (Å²) in [6.45, 7) is 4.12. The van der Waals surface area contributed by atoms with Gasteiger partial charge in [0.15, 0.2) is 11.6 Å². The Hall–Kier alpha value is -3.24. The van der Waals surface area contributed by atoms with Crippen molar-refractivity contribution < 1.29 is 9.18 Å². The summed E-state index contributed by atoms with van der Waals surface area (Å²) in [5, 5.41) is 7.26. The third-order valence-corrected chi connectivity index (χ3v) is 7.40. The van der Waals surface area contributed by atoms with Crippen molar-refractivity contribution in [3.8, 4) is 0 Å². The molecular formula is C26H35FN8O. The molecule has 0 aromatic carbocycles. The lowest BCUT2D eigenvalue weighted by Gasteiger charge is -2.30. The number of likely N-dealkylation sites (tertiary alicyclic amines) is 1. The van der Waals surface area contributed by atoms with Gasteiger partial charge in [-0.2, -0.15) is 0 Å². The van der Waals surface area contributed by atoms with Crippen LogP contribution in [-0.4, -0.2) is 57.1 Å². The van der Waals surface area contributed by atoms with Gasteiger partial charge in [0.2, 0.25) is 0 Å². The highest BCUT2D eigenvalue weighted by atomic mass is 19.1. The van der Waals surface area contributed by atoms with Gasteiger partial charge in [0.1, 0.15) is 11.5 Å². The van der Waals surface area contributed by atoms with Crippen LogP contribution in [0, 0.1) is 5.82 Å². The van der Waals surface area contributed by atoms with Crippen molar-refractivity contribution in [1.82, 2.24) is 19.4 Å². The van der Waals surface area contributed by atoms with E-state index in [1.807, 2.05) is 18.3 Å². The van der Waals surface area contributed by atoms with E-state index < -0.39 is 11.7 Å². The Kier molecular flexibility index (Phi) is 7.33. The highest BCUT2D eigenvalue weighted by molar-refractivity contribution is 6.00. The minimum Gasteiger partial charge on any atom is -0.365 e. The predicted molar refractivity (Wildman–Crippen MR) is 140 cm³/mol. The number of primary amides is 1. The van der Waals surface area contributed by atoms with Crippen molar-refractivity contribution in [2.75, 3.05) is 30.3 Å². The summed E-state index contributed by atoms with van der Waals surface area (Å²) < 4.78 is 17.0. The van der Waals surface area contributed by atoms with Crippen molar-refractivity contribution in [1.29, 1.82) is 0 Å². The fraction of sp³-hybridized carbons (Fsp3) is 0.500. The van der Waals surface area contributed by atoms with Crippen LogP contribution in [0.1, 0.15) is 55.3 Å². The summed E-state index contributed by atoms with van der Waals surface area (Å²) in [7, 11) is 0. The zero-order chi connectivity index (χ0) is 25.1. The fourth-order valence-corrected chi connectivity index (χ4v) is 5.33. The highest BCUT2D eigenvalue weighted by Gasteiger charge is 2.25. The van der Waals surface area contributed by atoms with Gasteiger partial charge in [-0.25, -0.2) is 14.4 Å². The summed E-state index contributed by atoms with van der Waals surface area (Å²) in [4.78, 5) is 23.7. The topological polar surface area (TPSA) is 127 Å². The summed E-state index contributed by atoms with van der Waals surface area (Å²) in [5.41, 5.74) is 13.4. The van der Waals surface area contributed by atoms with Gasteiger partial charge in [-0.3, -0.25) is 4.79 Å². The van der Waals surface area contributed by atoms with E-state index in [-0.39, 0.29) is 29.3 Å². The number of nitrogens with two attached hydrogens (primary N) is 2. The van der Waals surface area contributed by atoms with E-state index in [1.54, 1.807) is 6.20 Å². The zero-order valence-electron chi connectivity index (χ0n) is 20.5. The highest BCUT2D eigenvalue weighted by Crippen LogP contribution is 2.30. The number of piperidine rings is 1. The monoisotopic (exact) mass is 494 g/mol. The van der Waals surface area contributed by atoms with E-state index >= 15 is 0 Å². The number of nitrogens with zero attached hydrogens (tertiary/aromatic N) is 4. The third kappa shape index (κ3) is 5.29. The van der Waals surface area contributed by atoms with Crippen LogP contribution in [0.3, 0.4) is 0 Å². The number of aromatic nitrogens is 3. The summed E-state index contributed by atoms with van der Waals surface area (Å²) in [5.74, 6) is -1.12. The number of halogens is 1. The summed E-state index contributed by atoms with van der Waals surface area (Å²) >= 11 is 0. The van der Waals surface area contributed by atoms with Crippen molar-refractivity contribution in [3.05, 3.63) is 42.0 Å². The number of nitrogens with one attached hydrogen (secondary N) is 2. The number of amides is 1. The number of fused-ring (bicyclic) bond motifs is 1. The molecule has 1 amide bonds. The zero-order valence-corrected chi connectivity index (χ0v) is 20.5. The predicted octanol–water partition coefficient (Wildman–Crippen LogP) is 3.58. The van der Waals surface area contributed by atoms with Crippen LogP contribution in [0.2, 0.25) is 0 Å². The lowest BCUT2D eigenvalue weighted by molar-refractivity contribution is 0.100. The maximum absolute atomic E-state index is 14.9. The minimum atomic E-state index is -0.755. The largest absolute Gasteiger partial charge is 0.365 e. The van der Waals surface area contributed by atoms with Gasteiger partial charge in [-0.1, -0.05) is 19.3 Å². The number of anilines is 3. The Morgan fingerprint density at radius 1 is 1.08 bits per heavy atom. The first-order chi connectivity index (χ1) is 17.5. The Labute approximate surface area is 210 Å². The van der Waals surface area contributed by atoms with Gasteiger partial charge < -0.3 is 31.6 Å². The van der Waals surface area contributed by atoms with Gasteiger partial charge >= 0.3 is 0 Å².